The monoisotopic (exact) mass is 244 g/mol. The van der Waals surface area contributed by atoms with E-state index in [0.29, 0.717) is 5.92 Å². The predicted molar refractivity (Wildman–Crippen MR) is 74.1 cm³/mol. The van der Waals surface area contributed by atoms with E-state index in [4.69, 9.17) is 5.73 Å². The number of nitrogens with zero attached hydrogens (tertiary/aromatic N) is 3. The number of aryl methyl sites for hydroxylation is 2. The molecule has 0 aliphatic rings. The summed E-state index contributed by atoms with van der Waals surface area (Å²) >= 11 is 0. The van der Waals surface area contributed by atoms with Crippen molar-refractivity contribution in [3.63, 3.8) is 0 Å². The lowest BCUT2D eigenvalue weighted by atomic mass is 9.98. The van der Waals surface area contributed by atoms with Gasteiger partial charge >= 0.3 is 0 Å². The molecule has 2 aromatic heterocycles. The van der Waals surface area contributed by atoms with Crippen LogP contribution in [0.5, 0.6) is 0 Å². The van der Waals surface area contributed by atoms with Gasteiger partial charge in [-0.05, 0) is 31.4 Å². The molecule has 2 N–H and O–H groups in total. The second-order valence-electron chi connectivity index (χ2n) is 5.07. The van der Waals surface area contributed by atoms with Gasteiger partial charge in [-0.1, -0.05) is 13.8 Å². The first-order valence-corrected chi connectivity index (χ1v) is 6.24. The van der Waals surface area contributed by atoms with Gasteiger partial charge in [0.15, 0.2) is 0 Å². The zero-order valence-corrected chi connectivity index (χ0v) is 11.4. The first-order chi connectivity index (χ1) is 8.50. The summed E-state index contributed by atoms with van der Waals surface area (Å²) in [7, 11) is 1.88. The van der Waals surface area contributed by atoms with Crippen LogP contribution in [0.3, 0.4) is 0 Å². The number of rotatable bonds is 3. The molecule has 2 aromatic rings. The van der Waals surface area contributed by atoms with Crippen LogP contribution in [0.15, 0.2) is 18.3 Å². The van der Waals surface area contributed by atoms with Crippen molar-refractivity contribution < 1.29 is 0 Å². The summed E-state index contributed by atoms with van der Waals surface area (Å²) in [5, 5.41) is 4.55. The fraction of sp³-hybridized carbons (Fsp3) is 0.429. The summed E-state index contributed by atoms with van der Waals surface area (Å²) in [6.45, 7) is 6.37. The Kier molecular flexibility index (Phi) is 3.36. The van der Waals surface area contributed by atoms with Crippen molar-refractivity contribution in [3.05, 3.63) is 29.6 Å². The Hall–Kier alpha value is -1.84. The lowest BCUT2D eigenvalue weighted by Gasteiger charge is -2.08. The number of anilines is 1. The molecular weight excluding hydrogens is 224 g/mol. The van der Waals surface area contributed by atoms with E-state index in [1.165, 1.54) is 0 Å². The van der Waals surface area contributed by atoms with Gasteiger partial charge in [0.1, 0.15) is 5.82 Å². The molecule has 0 bridgehead atoms. The molecule has 4 heteroatoms. The van der Waals surface area contributed by atoms with Crippen molar-refractivity contribution in [3.8, 4) is 11.3 Å². The summed E-state index contributed by atoms with van der Waals surface area (Å²) in [4.78, 5) is 4.32. The van der Waals surface area contributed by atoms with Crippen LogP contribution >= 0.6 is 0 Å². The fourth-order valence-electron chi connectivity index (χ4n) is 2.14. The molecule has 0 saturated carbocycles. The molecule has 96 valence electrons. The number of hydrogen-bond donors (Lipinski definition) is 1. The third kappa shape index (κ3) is 2.23. The molecular formula is C14H20N4. The van der Waals surface area contributed by atoms with Crippen LogP contribution in [-0.4, -0.2) is 14.8 Å². The Morgan fingerprint density at radius 1 is 1.39 bits per heavy atom. The van der Waals surface area contributed by atoms with Gasteiger partial charge in [-0.3, -0.25) is 9.67 Å². The quantitative estimate of drug-likeness (QED) is 0.902. The van der Waals surface area contributed by atoms with E-state index in [1.54, 1.807) is 10.9 Å². The van der Waals surface area contributed by atoms with E-state index in [0.717, 1.165) is 34.8 Å². The lowest BCUT2D eigenvalue weighted by molar-refractivity contribution is 0.648. The maximum atomic E-state index is 6.12. The van der Waals surface area contributed by atoms with Gasteiger partial charge in [-0.15, -0.1) is 0 Å². The smallest absolute Gasteiger partial charge is 0.125 e. The van der Waals surface area contributed by atoms with Crippen molar-refractivity contribution >= 4 is 5.82 Å². The molecule has 18 heavy (non-hydrogen) atoms. The second kappa shape index (κ2) is 4.80. The van der Waals surface area contributed by atoms with Crippen molar-refractivity contribution in [2.24, 2.45) is 13.0 Å². The minimum Gasteiger partial charge on any atom is -0.384 e. The van der Waals surface area contributed by atoms with Gasteiger partial charge in [0.05, 0.1) is 5.69 Å². The van der Waals surface area contributed by atoms with Gasteiger partial charge < -0.3 is 5.73 Å². The molecule has 0 unspecified atom stereocenters. The van der Waals surface area contributed by atoms with E-state index in [2.05, 4.69) is 23.9 Å². The molecule has 0 amide bonds. The average molecular weight is 244 g/mol. The zero-order chi connectivity index (χ0) is 13.3. The average Bonchev–Trinajstić information content (AvgIpc) is 2.57. The molecule has 0 atom stereocenters. The van der Waals surface area contributed by atoms with E-state index < -0.39 is 0 Å². The highest BCUT2D eigenvalue weighted by Crippen LogP contribution is 2.30. The van der Waals surface area contributed by atoms with Crippen molar-refractivity contribution in [2.75, 3.05) is 5.73 Å². The summed E-state index contributed by atoms with van der Waals surface area (Å²) in [6, 6.07) is 3.99. The highest BCUT2D eigenvalue weighted by molar-refractivity contribution is 5.70. The van der Waals surface area contributed by atoms with E-state index in [-0.39, 0.29) is 0 Å². The lowest BCUT2D eigenvalue weighted by Crippen LogP contribution is -2.02. The zero-order valence-electron chi connectivity index (χ0n) is 11.4. The molecule has 0 aliphatic heterocycles. The van der Waals surface area contributed by atoms with Gasteiger partial charge in [-0.25, -0.2) is 0 Å². The molecule has 0 radical (unpaired) electrons. The highest BCUT2D eigenvalue weighted by atomic mass is 15.3. The van der Waals surface area contributed by atoms with E-state index >= 15 is 0 Å². The number of nitrogens with two attached hydrogens (primary N) is 1. The Balaban J connectivity index is 2.57. The van der Waals surface area contributed by atoms with Crippen molar-refractivity contribution in [1.82, 2.24) is 14.8 Å². The van der Waals surface area contributed by atoms with E-state index in [1.807, 2.05) is 26.1 Å². The van der Waals surface area contributed by atoms with Gasteiger partial charge in [-0.2, -0.15) is 5.10 Å². The van der Waals surface area contributed by atoms with Crippen molar-refractivity contribution in [1.29, 1.82) is 0 Å². The summed E-state index contributed by atoms with van der Waals surface area (Å²) in [6.07, 6.45) is 2.73. The molecule has 2 heterocycles. The first-order valence-electron chi connectivity index (χ1n) is 6.24. The molecule has 2 rings (SSSR count). The SMILES string of the molecule is Cc1ncccc1-c1nn(C)c(N)c1CC(C)C. The van der Waals surface area contributed by atoms with E-state index in [9.17, 15) is 0 Å². The maximum Gasteiger partial charge on any atom is 0.125 e. The molecule has 0 fully saturated rings. The molecule has 4 nitrogen and oxygen atoms in total. The van der Waals surface area contributed by atoms with Crippen LogP contribution in [0.25, 0.3) is 11.3 Å². The molecule has 0 saturated heterocycles. The Morgan fingerprint density at radius 3 is 2.72 bits per heavy atom. The largest absolute Gasteiger partial charge is 0.384 e. The van der Waals surface area contributed by atoms with Crippen LogP contribution < -0.4 is 5.73 Å². The Morgan fingerprint density at radius 2 is 2.11 bits per heavy atom. The highest BCUT2D eigenvalue weighted by Gasteiger charge is 2.17. The summed E-state index contributed by atoms with van der Waals surface area (Å²) in [5.41, 5.74) is 10.3. The number of nitrogen functional groups attached to an aromatic ring is 1. The third-order valence-corrected chi connectivity index (χ3v) is 3.07. The second-order valence-corrected chi connectivity index (χ2v) is 5.07. The van der Waals surface area contributed by atoms with Crippen molar-refractivity contribution in [2.45, 2.75) is 27.2 Å². The summed E-state index contributed by atoms with van der Waals surface area (Å²) < 4.78 is 1.75. The predicted octanol–water partition coefficient (Wildman–Crippen LogP) is 2.57. The van der Waals surface area contributed by atoms with Gasteiger partial charge in [0, 0.05) is 30.1 Å². The first kappa shape index (κ1) is 12.6. The summed E-state index contributed by atoms with van der Waals surface area (Å²) in [5.74, 6) is 1.30. The maximum absolute atomic E-state index is 6.12. The van der Waals surface area contributed by atoms with Gasteiger partial charge in [0.25, 0.3) is 0 Å². The minimum absolute atomic E-state index is 0.548. The molecule has 0 spiro atoms. The Labute approximate surface area is 108 Å². The standard InChI is InChI=1S/C14H20N4/c1-9(2)8-12-13(17-18(4)14(12)15)11-6-5-7-16-10(11)3/h5-7,9H,8,15H2,1-4H3. The van der Waals surface area contributed by atoms with Crippen LogP contribution in [0.4, 0.5) is 5.82 Å². The van der Waals surface area contributed by atoms with Crippen LogP contribution in [-0.2, 0) is 13.5 Å². The molecule has 0 aliphatic carbocycles. The molecule has 0 aromatic carbocycles. The van der Waals surface area contributed by atoms with Crippen LogP contribution in [0.2, 0.25) is 0 Å². The van der Waals surface area contributed by atoms with Crippen LogP contribution in [0, 0.1) is 12.8 Å². The minimum atomic E-state index is 0.548. The fourth-order valence-corrected chi connectivity index (χ4v) is 2.14. The number of aromatic nitrogens is 3. The van der Waals surface area contributed by atoms with Crippen LogP contribution in [0.1, 0.15) is 25.1 Å². The third-order valence-electron chi connectivity index (χ3n) is 3.07. The number of pyridine rings is 1. The van der Waals surface area contributed by atoms with Gasteiger partial charge in [0.2, 0.25) is 0 Å². The normalized spacial score (nSPS) is 11.2. The number of hydrogen-bond acceptors (Lipinski definition) is 3. The topological polar surface area (TPSA) is 56.7 Å². The Bertz CT molecular complexity index is 555.